The Morgan fingerprint density at radius 2 is 2.05 bits per heavy atom. The van der Waals surface area contributed by atoms with Crippen LogP contribution in [-0.4, -0.2) is 26.0 Å². The van der Waals surface area contributed by atoms with Gasteiger partial charge in [0.15, 0.2) is 0 Å². The molecule has 2 N–H and O–H groups in total. The van der Waals surface area contributed by atoms with E-state index in [1.165, 1.54) is 12.1 Å². The second-order valence-electron chi connectivity index (χ2n) is 5.10. The molecule has 0 saturated heterocycles. The lowest BCUT2D eigenvalue weighted by Crippen LogP contribution is -2.33. The Kier molecular flexibility index (Phi) is 4.53. The topological polar surface area (TPSA) is 107 Å². The van der Waals surface area contributed by atoms with Gasteiger partial charge >= 0.3 is 5.97 Å². The first-order valence-electron chi connectivity index (χ1n) is 5.84. The van der Waals surface area contributed by atoms with Gasteiger partial charge in [-0.15, -0.1) is 0 Å². The van der Waals surface area contributed by atoms with Gasteiger partial charge in [-0.3, -0.25) is 0 Å². The van der Waals surface area contributed by atoms with E-state index in [4.69, 9.17) is 10.4 Å². The van der Waals surface area contributed by atoms with Crippen LogP contribution in [0.2, 0.25) is 0 Å². The number of aryl methyl sites for hydroxylation is 1. The minimum atomic E-state index is -3.84. The number of benzene rings is 1. The Morgan fingerprint density at radius 3 is 2.55 bits per heavy atom. The van der Waals surface area contributed by atoms with Crippen LogP contribution in [0.25, 0.3) is 0 Å². The molecule has 1 aromatic carbocycles. The number of hydrogen-bond donors (Lipinski definition) is 2. The van der Waals surface area contributed by atoms with Gasteiger partial charge in [0.05, 0.1) is 21.9 Å². The van der Waals surface area contributed by atoms with Gasteiger partial charge in [0.2, 0.25) is 10.0 Å². The van der Waals surface area contributed by atoms with Crippen LogP contribution in [0.5, 0.6) is 0 Å². The number of sulfonamides is 1. The Hall–Kier alpha value is -1.91. The summed E-state index contributed by atoms with van der Waals surface area (Å²) in [5, 5.41) is 17.8. The molecule has 0 aromatic heterocycles. The van der Waals surface area contributed by atoms with Gasteiger partial charge in [-0.1, -0.05) is 6.07 Å². The van der Waals surface area contributed by atoms with Gasteiger partial charge < -0.3 is 5.11 Å². The fourth-order valence-corrected chi connectivity index (χ4v) is 2.63. The highest BCUT2D eigenvalue weighted by atomic mass is 32.2. The summed E-state index contributed by atoms with van der Waals surface area (Å²) < 4.78 is 26.4. The second kappa shape index (κ2) is 5.61. The molecule has 0 saturated carbocycles. The van der Waals surface area contributed by atoms with Gasteiger partial charge in [-0.2, -0.15) is 5.26 Å². The molecule has 7 heteroatoms. The van der Waals surface area contributed by atoms with Crippen molar-refractivity contribution in [2.75, 3.05) is 6.54 Å². The molecule has 0 heterocycles. The Morgan fingerprint density at radius 1 is 1.45 bits per heavy atom. The first-order chi connectivity index (χ1) is 9.09. The molecule has 20 heavy (non-hydrogen) atoms. The molecule has 0 aliphatic carbocycles. The number of rotatable bonds is 5. The average Bonchev–Trinajstić information content (AvgIpc) is 2.36. The first-order valence-corrected chi connectivity index (χ1v) is 7.32. The van der Waals surface area contributed by atoms with Gasteiger partial charge in [0, 0.05) is 6.54 Å². The van der Waals surface area contributed by atoms with Crippen molar-refractivity contribution in [3.8, 4) is 6.07 Å². The smallest absolute Gasteiger partial charge is 0.335 e. The number of nitrogens with one attached hydrogen (secondary N) is 1. The van der Waals surface area contributed by atoms with Crippen LogP contribution in [0.15, 0.2) is 23.1 Å². The van der Waals surface area contributed by atoms with E-state index in [0.717, 1.165) is 6.07 Å². The number of carbonyl (C=O) groups is 1. The maximum atomic E-state index is 12.1. The summed E-state index contributed by atoms with van der Waals surface area (Å²) in [6.07, 6.45) is 0. The molecular weight excluding hydrogens is 280 g/mol. The van der Waals surface area contributed by atoms with Crippen molar-refractivity contribution in [1.29, 1.82) is 5.26 Å². The van der Waals surface area contributed by atoms with Crippen LogP contribution in [0.1, 0.15) is 29.8 Å². The van der Waals surface area contributed by atoms with Crippen molar-refractivity contribution in [1.82, 2.24) is 4.72 Å². The maximum absolute atomic E-state index is 12.1. The Bertz CT molecular complexity index is 672. The molecule has 0 aliphatic heterocycles. The van der Waals surface area contributed by atoms with E-state index in [1.807, 2.05) is 6.07 Å². The van der Waals surface area contributed by atoms with Gasteiger partial charge in [-0.05, 0) is 38.5 Å². The van der Waals surface area contributed by atoms with Crippen molar-refractivity contribution >= 4 is 16.0 Å². The quantitative estimate of drug-likeness (QED) is 0.856. The lowest BCUT2D eigenvalue weighted by atomic mass is 9.97. The van der Waals surface area contributed by atoms with Crippen molar-refractivity contribution in [3.05, 3.63) is 29.3 Å². The fourth-order valence-electron chi connectivity index (χ4n) is 1.40. The molecule has 0 unspecified atom stereocenters. The SMILES string of the molecule is Cc1ccc(S(=O)(=O)NCC(C)(C)C#N)cc1C(=O)O. The number of hydrogen-bond acceptors (Lipinski definition) is 4. The van der Waals surface area contributed by atoms with Crippen LogP contribution in [0.4, 0.5) is 0 Å². The monoisotopic (exact) mass is 296 g/mol. The van der Waals surface area contributed by atoms with E-state index in [9.17, 15) is 13.2 Å². The van der Waals surface area contributed by atoms with Crippen LogP contribution in [0, 0.1) is 23.7 Å². The van der Waals surface area contributed by atoms with Crippen molar-refractivity contribution in [2.45, 2.75) is 25.7 Å². The number of carboxylic acids is 1. The number of carboxylic acid groups (broad SMARTS) is 1. The molecule has 0 aliphatic rings. The zero-order valence-corrected chi connectivity index (χ0v) is 12.3. The van der Waals surface area contributed by atoms with E-state index in [-0.39, 0.29) is 17.0 Å². The maximum Gasteiger partial charge on any atom is 0.335 e. The van der Waals surface area contributed by atoms with Gasteiger partial charge in [0.1, 0.15) is 0 Å². The summed E-state index contributed by atoms with van der Waals surface area (Å²) in [7, 11) is -3.84. The van der Waals surface area contributed by atoms with E-state index in [1.54, 1.807) is 20.8 Å². The summed E-state index contributed by atoms with van der Waals surface area (Å²) >= 11 is 0. The Balaban J connectivity index is 3.09. The molecular formula is C13H16N2O4S. The number of aromatic carboxylic acids is 1. The molecule has 0 radical (unpaired) electrons. The normalized spacial score (nSPS) is 11.9. The zero-order valence-electron chi connectivity index (χ0n) is 11.5. The fraction of sp³-hybridized carbons (Fsp3) is 0.385. The summed E-state index contributed by atoms with van der Waals surface area (Å²) in [5.41, 5.74) is -0.422. The van der Waals surface area contributed by atoms with E-state index in [2.05, 4.69) is 4.72 Å². The first kappa shape index (κ1) is 16.1. The van der Waals surface area contributed by atoms with E-state index < -0.39 is 21.4 Å². The largest absolute Gasteiger partial charge is 0.478 e. The predicted molar refractivity (Wildman–Crippen MR) is 72.7 cm³/mol. The van der Waals surface area contributed by atoms with Crippen LogP contribution >= 0.6 is 0 Å². The third-order valence-corrected chi connectivity index (χ3v) is 4.16. The van der Waals surface area contributed by atoms with Gasteiger partial charge in [-0.25, -0.2) is 17.9 Å². The molecule has 0 bridgehead atoms. The van der Waals surface area contributed by atoms with Crippen LogP contribution in [0.3, 0.4) is 0 Å². The molecule has 0 atom stereocenters. The summed E-state index contributed by atoms with van der Waals surface area (Å²) in [4.78, 5) is 10.9. The van der Waals surface area contributed by atoms with Crippen molar-refractivity contribution in [3.63, 3.8) is 0 Å². The third kappa shape index (κ3) is 3.79. The summed E-state index contributed by atoms with van der Waals surface area (Å²) in [6, 6.07) is 5.87. The predicted octanol–water partition coefficient (Wildman–Crippen LogP) is 1.52. The van der Waals surface area contributed by atoms with Crippen LogP contribution < -0.4 is 4.72 Å². The lowest BCUT2D eigenvalue weighted by molar-refractivity contribution is 0.0696. The molecule has 0 spiro atoms. The molecule has 6 nitrogen and oxygen atoms in total. The standard InChI is InChI=1S/C13H16N2O4S/c1-9-4-5-10(6-11(9)12(16)17)20(18,19)15-8-13(2,3)7-14/h4-6,15H,8H2,1-3H3,(H,16,17). The zero-order chi connectivity index (χ0) is 15.6. The van der Waals surface area contributed by atoms with E-state index >= 15 is 0 Å². The Labute approximate surface area is 118 Å². The van der Waals surface area contributed by atoms with E-state index in [0.29, 0.717) is 5.56 Å². The molecule has 0 amide bonds. The molecule has 1 aromatic rings. The number of nitrogens with zero attached hydrogens (tertiary/aromatic N) is 1. The van der Waals surface area contributed by atoms with Crippen LogP contribution in [-0.2, 0) is 10.0 Å². The second-order valence-corrected chi connectivity index (χ2v) is 6.87. The average molecular weight is 296 g/mol. The van der Waals surface area contributed by atoms with Crippen molar-refractivity contribution < 1.29 is 18.3 Å². The molecule has 0 fully saturated rings. The summed E-state index contributed by atoms with van der Waals surface area (Å²) in [5.74, 6) is -1.18. The highest BCUT2D eigenvalue weighted by Crippen LogP contribution is 2.17. The lowest BCUT2D eigenvalue weighted by Gasteiger charge is -2.16. The highest BCUT2D eigenvalue weighted by Gasteiger charge is 2.23. The molecule has 108 valence electrons. The minimum Gasteiger partial charge on any atom is -0.478 e. The molecule has 1 rings (SSSR count). The van der Waals surface area contributed by atoms with Gasteiger partial charge in [0.25, 0.3) is 0 Å². The minimum absolute atomic E-state index is 0.0535. The van der Waals surface area contributed by atoms with Crippen molar-refractivity contribution in [2.24, 2.45) is 5.41 Å². The third-order valence-electron chi connectivity index (χ3n) is 2.76. The summed E-state index contributed by atoms with van der Waals surface area (Å²) in [6.45, 7) is 4.74. The number of nitriles is 1. The highest BCUT2D eigenvalue weighted by molar-refractivity contribution is 7.89.